The molecule has 274 valence electrons. The SMILES string of the molecule is COC(=O)c1ccc(-c2ccc(-c3nc4nc(O[C@@H]5CO[C@H]6[C@@H]5OC[C@H]6O[Si](C)(C)C(C)(C)C)n(COCC[Si](C)(C)C)c4cc3Cl)cc2)cc1. The van der Waals surface area contributed by atoms with E-state index >= 15 is 0 Å². The molecule has 0 bridgehead atoms. The van der Waals surface area contributed by atoms with Crippen LogP contribution in [0.3, 0.4) is 0 Å². The number of esters is 1. The Balaban J connectivity index is 1.25. The fourth-order valence-electron chi connectivity index (χ4n) is 6.01. The molecule has 6 rings (SSSR count). The molecule has 2 fully saturated rings. The summed E-state index contributed by atoms with van der Waals surface area (Å²) < 4.78 is 38.8. The fraction of sp³-hybridized carbons (Fsp3) is 0.500. The van der Waals surface area contributed by atoms with Crippen LogP contribution in [-0.2, 0) is 30.1 Å². The summed E-state index contributed by atoms with van der Waals surface area (Å²) in [5.74, 6) is -0.366. The average Bonchev–Trinajstić information content (AvgIpc) is 3.76. The molecule has 4 aromatic rings. The monoisotopic (exact) mass is 751 g/mol. The summed E-state index contributed by atoms with van der Waals surface area (Å²) in [5.41, 5.74) is 5.15. The second kappa shape index (κ2) is 14.7. The number of hydrogen-bond acceptors (Lipinski definition) is 9. The van der Waals surface area contributed by atoms with Crippen LogP contribution in [-0.4, -0.2) is 88.2 Å². The molecule has 0 radical (unpaired) electrons. The van der Waals surface area contributed by atoms with Gasteiger partial charge in [-0.15, -0.1) is 0 Å². The van der Waals surface area contributed by atoms with Gasteiger partial charge in [-0.05, 0) is 53.5 Å². The Kier molecular flexibility index (Phi) is 10.9. The molecule has 2 aliphatic rings. The minimum atomic E-state index is -2.02. The topological polar surface area (TPSA) is 103 Å². The highest BCUT2D eigenvalue weighted by atomic mass is 35.5. The maximum atomic E-state index is 11.8. The van der Waals surface area contributed by atoms with Gasteiger partial charge in [-0.3, -0.25) is 4.57 Å². The number of hydrogen-bond donors (Lipinski definition) is 0. The quantitative estimate of drug-likeness (QED) is 0.0802. The lowest BCUT2D eigenvalue weighted by atomic mass is 10.0. The summed E-state index contributed by atoms with van der Waals surface area (Å²) in [6.07, 6.45) is -0.988. The fourth-order valence-corrected chi connectivity index (χ4v) is 8.34. The first-order valence-electron chi connectivity index (χ1n) is 17.6. The number of aromatic nitrogens is 3. The van der Waals surface area contributed by atoms with Crippen LogP contribution in [0.4, 0.5) is 0 Å². The number of nitrogens with zero attached hydrogens (tertiary/aromatic N) is 3. The molecule has 0 spiro atoms. The number of pyridine rings is 1. The summed E-state index contributed by atoms with van der Waals surface area (Å²) in [5, 5.41) is 0.565. The Hall–Kier alpha value is -3.11. The minimum Gasteiger partial charge on any atom is -0.465 e. The zero-order valence-electron chi connectivity index (χ0n) is 31.1. The number of imidazole rings is 1. The maximum Gasteiger partial charge on any atom is 0.337 e. The molecule has 2 aliphatic heterocycles. The van der Waals surface area contributed by atoms with Crippen LogP contribution in [0.1, 0.15) is 31.1 Å². The minimum absolute atomic E-state index is 0.0777. The van der Waals surface area contributed by atoms with Crippen molar-refractivity contribution in [3.05, 3.63) is 65.2 Å². The van der Waals surface area contributed by atoms with E-state index in [1.165, 1.54) is 7.11 Å². The van der Waals surface area contributed by atoms with Crippen molar-refractivity contribution in [3.63, 3.8) is 0 Å². The van der Waals surface area contributed by atoms with Crippen molar-refractivity contribution in [1.82, 2.24) is 14.5 Å². The molecule has 4 atom stereocenters. The third kappa shape index (κ3) is 8.27. The summed E-state index contributed by atoms with van der Waals surface area (Å²) >= 11 is 6.93. The van der Waals surface area contributed by atoms with E-state index in [1.807, 2.05) is 47.0 Å². The van der Waals surface area contributed by atoms with E-state index in [1.54, 1.807) is 12.1 Å². The molecule has 0 aliphatic carbocycles. The first kappa shape index (κ1) is 37.6. The zero-order valence-corrected chi connectivity index (χ0v) is 33.9. The van der Waals surface area contributed by atoms with Gasteiger partial charge in [-0.2, -0.15) is 4.98 Å². The number of fused-ring (bicyclic) bond motifs is 2. The Labute approximate surface area is 307 Å². The average molecular weight is 752 g/mol. The Bertz CT molecular complexity index is 1850. The molecular formula is C38H50ClN3O7Si2. The van der Waals surface area contributed by atoms with Crippen molar-refractivity contribution < 1.29 is 32.9 Å². The molecule has 51 heavy (non-hydrogen) atoms. The number of carbonyl (C=O) groups excluding carboxylic acids is 1. The number of carbonyl (C=O) groups is 1. The van der Waals surface area contributed by atoms with Crippen LogP contribution in [0.15, 0.2) is 54.6 Å². The van der Waals surface area contributed by atoms with Crippen LogP contribution in [0.2, 0.25) is 48.8 Å². The van der Waals surface area contributed by atoms with Crippen molar-refractivity contribution in [3.8, 4) is 28.4 Å². The van der Waals surface area contributed by atoms with Crippen molar-refractivity contribution in [2.24, 2.45) is 0 Å². The molecule has 0 saturated carbocycles. The van der Waals surface area contributed by atoms with E-state index in [0.717, 1.165) is 28.3 Å². The van der Waals surface area contributed by atoms with E-state index in [-0.39, 0.29) is 42.2 Å². The third-order valence-corrected chi connectivity index (χ3v) is 16.6. The van der Waals surface area contributed by atoms with E-state index in [0.29, 0.717) is 47.8 Å². The molecule has 2 aromatic carbocycles. The molecule has 10 nitrogen and oxygen atoms in total. The lowest BCUT2D eigenvalue weighted by molar-refractivity contribution is 0.00691. The van der Waals surface area contributed by atoms with Crippen molar-refractivity contribution in [2.75, 3.05) is 26.9 Å². The van der Waals surface area contributed by atoms with Gasteiger partial charge in [-0.25, -0.2) is 9.78 Å². The first-order valence-corrected chi connectivity index (χ1v) is 24.6. The molecule has 2 saturated heterocycles. The van der Waals surface area contributed by atoms with Crippen molar-refractivity contribution in [2.45, 2.75) is 95.7 Å². The molecule has 13 heteroatoms. The maximum absolute atomic E-state index is 11.8. The lowest BCUT2D eigenvalue weighted by Gasteiger charge is -2.39. The van der Waals surface area contributed by atoms with E-state index in [9.17, 15) is 4.79 Å². The Morgan fingerprint density at radius 3 is 2.10 bits per heavy atom. The van der Waals surface area contributed by atoms with Gasteiger partial charge < -0.3 is 28.1 Å². The molecule has 4 heterocycles. The Morgan fingerprint density at radius 2 is 1.49 bits per heavy atom. The molecular weight excluding hydrogens is 702 g/mol. The van der Waals surface area contributed by atoms with Gasteiger partial charge in [0.25, 0.3) is 0 Å². The standard InChI is InChI=1S/C38H50ClN3O7Si2/c1-38(2,3)51(8,9)49-31-22-47-33-30(21-46-34(31)33)48-37-41-35-29(42(37)23-45-18-19-50(5,6)7)20-28(39)32(40-35)26-14-10-24(11-15-26)25-12-16-27(17-13-25)36(43)44-4/h10-17,20,30-31,33-34H,18-19,21-23H2,1-9H3/t30-,31-,33-,34-/m1/s1. The highest BCUT2D eigenvalue weighted by molar-refractivity contribution is 6.76. The van der Waals surface area contributed by atoms with Crippen LogP contribution >= 0.6 is 11.6 Å². The number of benzene rings is 2. The summed E-state index contributed by atoms with van der Waals surface area (Å²) in [4.78, 5) is 21.7. The molecule has 2 aromatic heterocycles. The lowest BCUT2D eigenvalue weighted by Crippen LogP contribution is -2.47. The largest absolute Gasteiger partial charge is 0.465 e. The van der Waals surface area contributed by atoms with Gasteiger partial charge in [0, 0.05) is 20.2 Å². The second-order valence-corrected chi connectivity index (χ2v) is 26.9. The molecule has 0 N–H and O–H groups in total. The van der Waals surface area contributed by atoms with Crippen LogP contribution in [0, 0.1) is 0 Å². The number of methoxy groups -OCH3 is 1. The number of ether oxygens (including phenoxy) is 5. The van der Waals surface area contributed by atoms with E-state index in [2.05, 4.69) is 53.5 Å². The van der Waals surface area contributed by atoms with Crippen LogP contribution in [0.5, 0.6) is 6.01 Å². The Morgan fingerprint density at radius 1 is 0.902 bits per heavy atom. The van der Waals surface area contributed by atoms with Crippen LogP contribution < -0.4 is 4.74 Å². The van der Waals surface area contributed by atoms with Crippen molar-refractivity contribution >= 4 is 45.1 Å². The first-order chi connectivity index (χ1) is 24.0. The highest BCUT2D eigenvalue weighted by Crippen LogP contribution is 2.41. The summed E-state index contributed by atoms with van der Waals surface area (Å²) in [7, 11) is -1.94. The molecule has 0 amide bonds. The predicted molar refractivity (Wildman–Crippen MR) is 205 cm³/mol. The zero-order chi connectivity index (χ0) is 36.7. The highest BCUT2D eigenvalue weighted by Gasteiger charge is 2.52. The van der Waals surface area contributed by atoms with E-state index < -0.39 is 16.4 Å². The van der Waals surface area contributed by atoms with Gasteiger partial charge >= 0.3 is 12.0 Å². The van der Waals surface area contributed by atoms with E-state index in [4.69, 9.17) is 49.7 Å². The van der Waals surface area contributed by atoms with Crippen molar-refractivity contribution in [1.29, 1.82) is 0 Å². The van der Waals surface area contributed by atoms with Crippen LogP contribution in [0.25, 0.3) is 33.5 Å². The van der Waals surface area contributed by atoms with Gasteiger partial charge in [0.15, 0.2) is 20.1 Å². The van der Waals surface area contributed by atoms with Gasteiger partial charge in [-0.1, -0.05) is 88.4 Å². The predicted octanol–water partition coefficient (Wildman–Crippen LogP) is 8.45. The van der Waals surface area contributed by atoms with Gasteiger partial charge in [0.2, 0.25) is 0 Å². The summed E-state index contributed by atoms with van der Waals surface area (Å²) in [6.45, 7) is 19.9. The summed E-state index contributed by atoms with van der Waals surface area (Å²) in [6, 6.07) is 18.6. The van der Waals surface area contributed by atoms with Gasteiger partial charge in [0.05, 0.1) is 48.2 Å². The third-order valence-electron chi connectivity index (χ3n) is 10.1. The number of halogens is 1. The normalized spacial score (nSPS) is 20.9. The second-order valence-electron chi connectivity index (χ2n) is 16.1. The smallest absolute Gasteiger partial charge is 0.337 e. The van der Waals surface area contributed by atoms with Gasteiger partial charge in [0.1, 0.15) is 18.9 Å². The number of rotatable bonds is 12. The molecule has 0 unspecified atom stereocenters.